The number of nitrogens with one attached hydrogen (secondary N) is 1. The van der Waals surface area contributed by atoms with Gasteiger partial charge in [0.25, 0.3) is 0 Å². The third-order valence-corrected chi connectivity index (χ3v) is 4.99. The molecule has 1 N–H and O–H groups in total. The average molecular weight is 417 g/mol. The molecule has 2 aromatic rings. The molecular formula is C15H19Br2N3O. The van der Waals surface area contributed by atoms with E-state index in [9.17, 15) is 0 Å². The highest BCUT2D eigenvalue weighted by Gasteiger charge is 2.22. The van der Waals surface area contributed by atoms with E-state index in [0.717, 1.165) is 21.2 Å². The van der Waals surface area contributed by atoms with Crippen molar-refractivity contribution in [2.75, 3.05) is 20.8 Å². The van der Waals surface area contributed by atoms with E-state index in [1.165, 1.54) is 11.1 Å². The van der Waals surface area contributed by atoms with Crippen molar-refractivity contribution in [3.63, 3.8) is 0 Å². The summed E-state index contributed by atoms with van der Waals surface area (Å²) in [5.41, 5.74) is 3.56. The van der Waals surface area contributed by atoms with Crippen LogP contribution in [-0.2, 0) is 11.3 Å². The summed E-state index contributed by atoms with van der Waals surface area (Å²) in [5, 5.41) is 7.83. The molecule has 6 heteroatoms. The first-order valence-electron chi connectivity index (χ1n) is 6.72. The minimum atomic E-state index is 0.0660. The van der Waals surface area contributed by atoms with E-state index in [1.54, 1.807) is 7.11 Å². The van der Waals surface area contributed by atoms with Gasteiger partial charge in [0.05, 0.1) is 35.6 Å². The van der Waals surface area contributed by atoms with Gasteiger partial charge < -0.3 is 10.1 Å². The first-order valence-corrected chi connectivity index (χ1v) is 8.31. The Hall–Kier alpha value is -0.690. The van der Waals surface area contributed by atoms with Gasteiger partial charge in [-0.2, -0.15) is 5.10 Å². The lowest BCUT2D eigenvalue weighted by molar-refractivity contribution is 0.182. The van der Waals surface area contributed by atoms with Crippen molar-refractivity contribution in [2.24, 2.45) is 0 Å². The molecule has 0 spiro atoms. The molecule has 1 heterocycles. The maximum atomic E-state index is 5.17. The molecule has 2 rings (SSSR count). The van der Waals surface area contributed by atoms with Crippen molar-refractivity contribution in [1.82, 2.24) is 15.1 Å². The predicted molar refractivity (Wildman–Crippen MR) is 91.6 cm³/mol. The second-order valence-corrected chi connectivity index (χ2v) is 6.48. The normalized spacial score (nSPS) is 12.6. The van der Waals surface area contributed by atoms with Crippen LogP contribution in [0.3, 0.4) is 0 Å². The number of ether oxygens (including phenoxy) is 1. The number of halogens is 2. The molecule has 0 fully saturated rings. The van der Waals surface area contributed by atoms with E-state index >= 15 is 0 Å². The SMILES string of the molecule is CNC(c1cccc(Br)c1C)c1c(Br)cnn1CCOC. The van der Waals surface area contributed by atoms with Crippen LogP contribution in [0.4, 0.5) is 0 Å². The average Bonchev–Trinajstić information content (AvgIpc) is 2.83. The zero-order valence-corrected chi connectivity index (χ0v) is 15.5. The van der Waals surface area contributed by atoms with Gasteiger partial charge in [-0.1, -0.05) is 28.1 Å². The Labute approximate surface area is 142 Å². The fourth-order valence-corrected chi connectivity index (χ4v) is 3.30. The van der Waals surface area contributed by atoms with Gasteiger partial charge in [0.1, 0.15) is 0 Å². The number of hydrogen-bond acceptors (Lipinski definition) is 3. The first kappa shape index (κ1) is 16.7. The fourth-order valence-electron chi connectivity index (χ4n) is 2.39. The molecule has 0 bridgehead atoms. The number of nitrogens with zero attached hydrogens (tertiary/aromatic N) is 2. The highest BCUT2D eigenvalue weighted by Crippen LogP contribution is 2.32. The van der Waals surface area contributed by atoms with E-state index in [1.807, 2.05) is 17.9 Å². The lowest BCUT2D eigenvalue weighted by Gasteiger charge is -2.21. The molecule has 0 aliphatic heterocycles. The monoisotopic (exact) mass is 415 g/mol. The highest BCUT2D eigenvalue weighted by molar-refractivity contribution is 9.10. The van der Waals surface area contributed by atoms with Crippen molar-refractivity contribution < 1.29 is 4.74 Å². The summed E-state index contributed by atoms with van der Waals surface area (Å²) in [6.45, 7) is 3.48. The number of aromatic nitrogens is 2. The maximum Gasteiger partial charge on any atom is 0.0760 e. The first-order chi connectivity index (χ1) is 10.1. The standard InChI is InChI=1S/C15H19Br2N3O/c1-10-11(5-4-6-12(10)16)14(18-2)15-13(17)9-19-20(15)7-8-21-3/h4-6,9,14,18H,7-8H2,1-3H3. The Kier molecular flexibility index (Phi) is 5.98. The summed E-state index contributed by atoms with van der Waals surface area (Å²) in [6, 6.07) is 6.32. The van der Waals surface area contributed by atoms with E-state index in [2.05, 4.69) is 67.4 Å². The minimum absolute atomic E-state index is 0.0660. The quantitative estimate of drug-likeness (QED) is 0.780. The fraction of sp³-hybridized carbons (Fsp3) is 0.400. The molecular weight excluding hydrogens is 398 g/mol. The predicted octanol–water partition coefficient (Wildman–Crippen LogP) is 3.67. The summed E-state index contributed by atoms with van der Waals surface area (Å²) < 4.78 is 9.26. The molecule has 1 aromatic carbocycles. The van der Waals surface area contributed by atoms with Crippen LogP contribution < -0.4 is 5.32 Å². The van der Waals surface area contributed by atoms with Crippen LogP contribution in [-0.4, -0.2) is 30.5 Å². The van der Waals surface area contributed by atoms with Gasteiger partial charge in [0.2, 0.25) is 0 Å². The summed E-state index contributed by atoms with van der Waals surface area (Å²) in [6.07, 6.45) is 1.84. The summed E-state index contributed by atoms with van der Waals surface area (Å²) in [7, 11) is 3.66. The van der Waals surface area contributed by atoms with Crippen LogP contribution in [0.1, 0.15) is 22.9 Å². The molecule has 0 aliphatic carbocycles. The van der Waals surface area contributed by atoms with Crippen LogP contribution in [0, 0.1) is 6.92 Å². The Morgan fingerprint density at radius 1 is 1.33 bits per heavy atom. The van der Waals surface area contributed by atoms with Gasteiger partial charge in [-0.25, -0.2) is 0 Å². The Balaban J connectivity index is 2.46. The Bertz CT molecular complexity index is 613. The zero-order chi connectivity index (χ0) is 15.4. The molecule has 0 amide bonds. The molecule has 1 aromatic heterocycles. The third kappa shape index (κ3) is 3.56. The topological polar surface area (TPSA) is 39.1 Å². The maximum absolute atomic E-state index is 5.17. The van der Waals surface area contributed by atoms with Gasteiger partial charge in [-0.3, -0.25) is 4.68 Å². The Morgan fingerprint density at radius 3 is 2.76 bits per heavy atom. The molecule has 1 unspecified atom stereocenters. The number of benzene rings is 1. The van der Waals surface area contributed by atoms with Crippen molar-refractivity contribution in [3.05, 3.63) is 50.2 Å². The number of hydrogen-bond donors (Lipinski definition) is 1. The Morgan fingerprint density at radius 2 is 2.10 bits per heavy atom. The van der Waals surface area contributed by atoms with Crippen molar-refractivity contribution >= 4 is 31.9 Å². The molecule has 21 heavy (non-hydrogen) atoms. The minimum Gasteiger partial charge on any atom is -0.383 e. The number of methoxy groups -OCH3 is 1. The van der Waals surface area contributed by atoms with Crippen LogP contribution in [0.25, 0.3) is 0 Å². The van der Waals surface area contributed by atoms with Crippen LogP contribution in [0.2, 0.25) is 0 Å². The van der Waals surface area contributed by atoms with Crippen LogP contribution in [0.15, 0.2) is 33.3 Å². The van der Waals surface area contributed by atoms with E-state index < -0.39 is 0 Å². The molecule has 1 atom stereocenters. The molecule has 0 radical (unpaired) electrons. The lowest BCUT2D eigenvalue weighted by atomic mass is 9.99. The molecule has 114 valence electrons. The van der Waals surface area contributed by atoms with Crippen LogP contribution in [0.5, 0.6) is 0 Å². The molecule has 0 aliphatic rings. The molecule has 4 nitrogen and oxygen atoms in total. The van der Waals surface area contributed by atoms with Crippen molar-refractivity contribution in [2.45, 2.75) is 19.5 Å². The van der Waals surface area contributed by atoms with Crippen LogP contribution >= 0.6 is 31.9 Å². The summed E-state index contributed by atoms with van der Waals surface area (Å²) in [4.78, 5) is 0. The van der Waals surface area contributed by atoms with Gasteiger partial charge in [-0.15, -0.1) is 0 Å². The largest absolute Gasteiger partial charge is 0.383 e. The van der Waals surface area contributed by atoms with Gasteiger partial charge in [0.15, 0.2) is 0 Å². The van der Waals surface area contributed by atoms with Gasteiger partial charge in [0, 0.05) is 11.6 Å². The summed E-state index contributed by atoms with van der Waals surface area (Å²) in [5.74, 6) is 0. The van der Waals surface area contributed by atoms with E-state index in [0.29, 0.717) is 6.61 Å². The third-order valence-electron chi connectivity index (χ3n) is 3.52. The van der Waals surface area contributed by atoms with Crippen molar-refractivity contribution in [3.8, 4) is 0 Å². The van der Waals surface area contributed by atoms with E-state index in [-0.39, 0.29) is 6.04 Å². The zero-order valence-electron chi connectivity index (χ0n) is 12.4. The second kappa shape index (κ2) is 7.54. The highest BCUT2D eigenvalue weighted by atomic mass is 79.9. The van der Waals surface area contributed by atoms with E-state index in [4.69, 9.17) is 4.74 Å². The second-order valence-electron chi connectivity index (χ2n) is 4.77. The smallest absolute Gasteiger partial charge is 0.0760 e. The summed E-state index contributed by atoms with van der Waals surface area (Å²) >= 11 is 7.22. The number of rotatable bonds is 6. The van der Waals surface area contributed by atoms with Crippen molar-refractivity contribution in [1.29, 1.82) is 0 Å². The van der Waals surface area contributed by atoms with Gasteiger partial charge in [-0.05, 0) is 47.1 Å². The van der Waals surface area contributed by atoms with Gasteiger partial charge >= 0.3 is 0 Å². The molecule has 0 saturated carbocycles. The molecule has 0 saturated heterocycles. The lowest BCUT2D eigenvalue weighted by Crippen LogP contribution is -2.23.